The summed E-state index contributed by atoms with van der Waals surface area (Å²) >= 11 is 5.73. The van der Waals surface area contributed by atoms with Crippen LogP contribution in [-0.4, -0.2) is 42.1 Å². The summed E-state index contributed by atoms with van der Waals surface area (Å²) in [5.74, 6) is 0.670. The van der Waals surface area contributed by atoms with Gasteiger partial charge in [0.15, 0.2) is 0 Å². The summed E-state index contributed by atoms with van der Waals surface area (Å²) in [6.45, 7) is 2.73. The quantitative estimate of drug-likeness (QED) is 0.685. The van der Waals surface area contributed by atoms with Crippen LogP contribution >= 0.6 is 11.6 Å². The molecule has 3 N–H and O–H groups in total. The molecule has 5 heteroatoms. The Morgan fingerprint density at radius 1 is 1.24 bits per heavy atom. The maximum atomic E-state index is 9.58. The Morgan fingerprint density at radius 3 is 2.47 bits per heavy atom. The maximum Gasteiger partial charge on any atom is 0.119 e. The van der Waals surface area contributed by atoms with Gasteiger partial charge in [0.05, 0.1) is 6.10 Å². The van der Waals surface area contributed by atoms with E-state index in [9.17, 15) is 5.11 Å². The summed E-state index contributed by atoms with van der Waals surface area (Å²) in [4.78, 5) is 0. The summed E-state index contributed by atoms with van der Waals surface area (Å²) in [6.07, 6.45) is -1.02. The van der Waals surface area contributed by atoms with E-state index < -0.39 is 12.2 Å². The molecule has 1 aromatic carbocycles. The van der Waals surface area contributed by atoms with E-state index in [0.29, 0.717) is 23.9 Å². The molecular formula is C12H18ClNO3. The number of ether oxygens (including phenoxy) is 1. The second-order valence-electron chi connectivity index (χ2n) is 3.93. The lowest BCUT2D eigenvalue weighted by Gasteiger charge is -2.14. The normalized spacial score (nSPS) is 14.4. The van der Waals surface area contributed by atoms with Crippen molar-refractivity contribution >= 4 is 11.6 Å². The zero-order chi connectivity index (χ0) is 12.7. The van der Waals surface area contributed by atoms with Crippen molar-refractivity contribution in [1.29, 1.82) is 0 Å². The van der Waals surface area contributed by atoms with Crippen molar-refractivity contribution in [3.8, 4) is 5.75 Å². The highest BCUT2D eigenvalue weighted by atomic mass is 35.5. The molecule has 0 radical (unpaired) electrons. The monoisotopic (exact) mass is 259 g/mol. The molecule has 0 heterocycles. The van der Waals surface area contributed by atoms with Crippen molar-refractivity contribution < 1.29 is 14.9 Å². The summed E-state index contributed by atoms with van der Waals surface area (Å²) in [5.41, 5.74) is 0. The van der Waals surface area contributed by atoms with Gasteiger partial charge in [-0.2, -0.15) is 0 Å². The zero-order valence-corrected chi connectivity index (χ0v) is 10.5. The number of hydrogen-bond donors (Lipinski definition) is 3. The first-order valence-electron chi connectivity index (χ1n) is 5.53. The van der Waals surface area contributed by atoms with E-state index in [0.717, 1.165) is 0 Å². The first kappa shape index (κ1) is 14.3. The molecule has 4 nitrogen and oxygen atoms in total. The van der Waals surface area contributed by atoms with Gasteiger partial charge in [0.2, 0.25) is 0 Å². The number of halogens is 1. The number of aliphatic hydroxyl groups excluding tert-OH is 2. The fraction of sp³-hybridized carbons (Fsp3) is 0.500. The van der Waals surface area contributed by atoms with Crippen molar-refractivity contribution in [2.24, 2.45) is 0 Å². The third-order valence-corrected chi connectivity index (χ3v) is 2.33. The first-order chi connectivity index (χ1) is 8.08. The van der Waals surface area contributed by atoms with Gasteiger partial charge < -0.3 is 20.3 Å². The van der Waals surface area contributed by atoms with Gasteiger partial charge in [0.25, 0.3) is 0 Å². The minimum atomic E-state index is -0.607. The molecule has 0 amide bonds. The molecule has 1 aromatic rings. The Morgan fingerprint density at radius 2 is 1.88 bits per heavy atom. The third kappa shape index (κ3) is 6.48. The number of rotatable bonds is 7. The van der Waals surface area contributed by atoms with E-state index in [1.165, 1.54) is 0 Å². The van der Waals surface area contributed by atoms with Gasteiger partial charge in [-0.25, -0.2) is 0 Å². The number of nitrogens with one attached hydrogen (secondary N) is 1. The standard InChI is InChI=1S/C12H18ClNO3/c1-9(15)6-14-7-11(16)8-17-12-4-2-10(13)3-5-12/h2-5,9,11,14-16H,6-8H2,1H3. The highest BCUT2D eigenvalue weighted by molar-refractivity contribution is 6.30. The minimum Gasteiger partial charge on any atom is -0.491 e. The van der Waals surface area contributed by atoms with E-state index in [4.69, 9.17) is 21.4 Å². The van der Waals surface area contributed by atoms with E-state index in [-0.39, 0.29) is 6.61 Å². The molecule has 0 aliphatic rings. The highest BCUT2D eigenvalue weighted by Gasteiger charge is 2.05. The Balaban J connectivity index is 2.19. The van der Waals surface area contributed by atoms with Crippen LogP contribution in [0.4, 0.5) is 0 Å². The molecule has 2 atom stereocenters. The molecule has 0 aliphatic carbocycles. The molecule has 1 rings (SSSR count). The fourth-order valence-electron chi connectivity index (χ4n) is 1.24. The van der Waals surface area contributed by atoms with Crippen LogP contribution in [-0.2, 0) is 0 Å². The van der Waals surface area contributed by atoms with Crippen LogP contribution in [0, 0.1) is 0 Å². The smallest absolute Gasteiger partial charge is 0.119 e. The number of aliphatic hydroxyl groups is 2. The molecule has 0 saturated heterocycles. The maximum absolute atomic E-state index is 9.58. The second kappa shape index (κ2) is 7.50. The van der Waals surface area contributed by atoms with Gasteiger partial charge in [-0.05, 0) is 31.2 Å². The molecular weight excluding hydrogens is 242 g/mol. The molecule has 0 bridgehead atoms. The lowest BCUT2D eigenvalue weighted by atomic mass is 10.3. The predicted octanol–water partition coefficient (Wildman–Crippen LogP) is 1.05. The summed E-state index contributed by atoms with van der Waals surface area (Å²) < 4.78 is 5.37. The summed E-state index contributed by atoms with van der Waals surface area (Å²) in [6, 6.07) is 6.96. The Kier molecular flexibility index (Phi) is 6.29. The predicted molar refractivity (Wildman–Crippen MR) is 67.5 cm³/mol. The Bertz CT molecular complexity index is 316. The second-order valence-corrected chi connectivity index (χ2v) is 4.36. The lowest BCUT2D eigenvalue weighted by Crippen LogP contribution is -2.35. The lowest BCUT2D eigenvalue weighted by molar-refractivity contribution is 0.101. The first-order valence-corrected chi connectivity index (χ1v) is 5.91. The summed E-state index contributed by atoms with van der Waals surface area (Å²) in [7, 11) is 0. The molecule has 96 valence electrons. The van der Waals surface area contributed by atoms with Gasteiger partial charge in [0, 0.05) is 18.1 Å². The molecule has 0 saturated carbocycles. The van der Waals surface area contributed by atoms with Crippen molar-refractivity contribution in [1.82, 2.24) is 5.32 Å². The van der Waals surface area contributed by atoms with E-state index in [1.807, 2.05) is 0 Å². The molecule has 2 unspecified atom stereocenters. The van der Waals surface area contributed by atoms with Crippen LogP contribution in [0.15, 0.2) is 24.3 Å². The number of hydrogen-bond acceptors (Lipinski definition) is 4. The van der Waals surface area contributed by atoms with Crippen LogP contribution in [0.25, 0.3) is 0 Å². The average Bonchev–Trinajstić information content (AvgIpc) is 2.28. The van der Waals surface area contributed by atoms with Crippen molar-refractivity contribution in [2.45, 2.75) is 19.1 Å². The third-order valence-electron chi connectivity index (χ3n) is 2.08. The van der Waals surface area contributed by atoms with Crippen LogP contribution in [0.3, 0.4) is 0 Å². The zero-order valence-electron chi connectivity index (χ0n) is 9.77. The van der Waals surface area contributed by atoms with Gasteiger partial charge in [-0.3, -0.25) is 0 Å². The number of benzene rings is 1. The van der Waals surface area contributed by atoms with Gasteiger partial charge in [-0.15, -0.1) is 0 Å². The molecule has 0 spiro atoms. The fourth-order valence-corrected chi connectivity index (χ4v) is 1.37. The van der Waals surface area contributed by atoms with E-state index in [1.54, 1.807) is 31.2 Å². The molecule has 17 heavy (non-hydrogen) atoms. The molecule has 0 aliphatic heterocycles. The highest BCUT2D eigenvalue weighted by Crippen LogP contribution is 2.15. The Labute approximate surface area is 106 Å². The van der Waals surface area contributed by atoms with E-state index >= 15 is 0 Å². The average molecular weight is 260 g/mol. The van der Waals surface area contributed by atoms with Gasteiger partial charge in [-0.1, -0.05) is 11.6 Å². The largest absolute Gasteiger partial charge is 0.491 e. The molecule has 0 aromatic heterocycles. The van der Waals surface area contributed by atoms with Gasteiger partial charge >= 0.3 is 0 Å². The van der Waals surface area contributed by atoms with Crippen LogP contribution in [0.1, 0.15) is 6.92 Å². The van der Waals surface area contributed by atoms with E-state index in [2.05, 4.69) is 5.32 Å². The Hall–Kier alpha value is -0.810. The van der Waals surface area contributed by atoms with Crippen LogP contribution in [0.5, 0.6) is 5.75 Å². The van der Waals surface area contributed by atoms with Crippen LogP contribution < -0.4 is 10.1 Å². The van der Waals surface area contributed by atoms with Crippen molar-refractivity contribution in [3.05, 3.63) is 29.3 Å². The molecule has 0 fully saturated rings. The minimum absolute atomic E-state index is 0.203. The SMILES string of the molecule is CC(O)CNCC(O)COc1ccc(Cl)cc1. The van der Waals surface area contributed by atoms with Gasteiger partial charge in [0.1, 0.15) is 18.5 Å². The summed E-state index contributed by atoms with van der Waals surface area (Å²) in [5, 5.41) is 22.2. The van der Waals surface area contributed by atoms with Crippen molar-refractivity contribution in [2.75, 3.05) is 19.7 Å². The van der Waals surface area contributed by atoms with Crippen LogP contribution in [0.2, 0.25) is 5.02 Å². The topological polar surface area (TPSA) is 61.7 Å². The van der Waals surface area contributed by atoms with Crippen molar-refractivity contribution in [3.63, 3.8) is 0 Å².